The van der Waals surface area contributed by atoms with Crippen LogP contribution in [-0.4, -0.2) is 36.1 Å². The number of piperidine rings is 1. The molecule has 6 nitrogen and oxygen atoms in total. The van der Waals surface area contributed by atoms with Crippen molar-refractivity contribution in [1.29, 1.82) is 0 Å². The van der Waals surface area contributed by atoms with E-state index in [0.29, 0.717) is 16.5 Å². The van der Waals surface area contributed by atoms with Crippen molar-refractivity contribution in [2.24, 2.45) is 0 Å². The highest BCUT2D eigenvalue weighted by molar-refractivity contribution is 6.31. The molecule has 0 aliphatic carbocycles. The zero-order chi connectivity index (χ0) is 16.9. The molecule has 2 heterocycles. The van der Waals surface area contributed by atoms with Gasteiger partial charge in [0, 0.05) is 18.1 Å². The second-order valence-electron chi connectivity index (χ2n) is 5.61. The number of rotatable bonds is 4. The average molecular weight is 347 g/mol. The molecular weight excluding hydrogens is 328 g/mol. The number of carbonyl (C=O) groups is 1. The van der Waals surface area contributed by atoms with Gasteiger partial charge in [0.1, 0.15) is 17.3 Å². The topological polar surface area (TPSA) is 67.3 Å². The van der Waals surface area contributed by atoms with Crippen LogP contribution in [-0.2, 0) is 0 Å². The minimum Gasteiger partial charge on any atom is -0.495 e. The number of anilines is 2. The van der Waals surface area contributed by atoms with Gasteiger partial charge in [-0.15, -0.1) is 0 Å². The molecule has 1 N–H and O–H groups in total. The second kappa shape index (κ2) is 7.49. The monoisotopic (exact) mass is 346 g/mol. The van der Waals surface area contributed by atoms with Gasteiger partial charge in [0.25, 0.3) is 5.91 Å². The van der Waals surface area contributed by atoms with Gasteiger partial charge in [-0.2, -0.15) is 0 Å². The number of aromatic nitrogens is 2. The maximum absolute atomic E-state index is 12.4. The first kappa shape index (κ1) is 16.5. The molecule has 0 bridgehead atoms. The lowest BCUT2D eigenvalue weighted by molar-refractivity contribution is 0.102. The highest BCUT2D eigenvalue weighted by atomic mass is 35.5. The third-order valence-electron chi connectivity index (χ3n) is 3.96. The summed E-state index contributed by atoms with van der Waals surface area (Å²) in [7, 11) is 1.53. The van der Waals surface area contributed by atoms with Gasteiger partial charge in [-0.05, 0) is 37.5 Å². The number of benzene rings is 1. The summed E-state index contributed by atoms with van der Waals surface area (Å²) in [6.45, 7) is 1.97. The van der Waals surface area contributed by atoms with Gasteiger partial charge in [0.15, 0.2) is 0 Å². The predicted octanol–water partition coefficient (Wildman–Crippen LogP) is 3.38. The van der Waals surface area contributed by atoms with Gasteiger partial charge in [-0.1, -0.05) is 11.6 Å². The number of amides is 1. The van der Waals surface area contributed by atoms with Crippen LogP contribution in [0.4, 0.5) is 11.5 Å². The normalized spacial score (nSPS) is 14.3. The summed E-state index contributed by atoms with van der Waals surface area (Å²) in [5.41, 5.74) is 0.745. The van der Waals surface area contributed by atoms with Crippen molar-refractivity contribution in [1.82, 2.24) is 9.97 Å². The van der Waals surface area contributed by atoms with Gasteiger partial charge in [0.2, 0.25) is 0 Å². The largest absolute Gasteiger partial charge is 0.495 e. The molecule has 0 saturated carbocycles. The van der Waals surface area contributed by atoms with Crippen LogP contribution in [0.25, 0.3) is 0 Å². The van der Waals surface area contributed by atoms with E-state index >= 15 is 0 Å². The smallest absolute Gasteiger partial charge is 0.275 e. The Labute approximate surface area is 145 Å². The van der Waals surface area contributed by atoms with Crippen molar-refractivity contribution in [2.45, 2.75) is 19.3 Å². The third-order valence-corrected chi connectivity index (χ3v) is 4.20. The maximum atomic E-state index is 12.4. The number of nitrogens with zero attached hydrogens (tertiary/aromatic N) is 3. The molecule has 0 spiro atoms. The summed E-state index contributed by atoms with van der Waals surface area (Å²) in [6.07, 6.45) is 6.73. The zero-order valence-corrected chi connectivity index (χ0v) is 14.2. The Balaban J connectivity index is 1.72. The fourth-order valence-corrected chi connectivity index (χ4v) is 2.86. The Kier molecular flexibility index (Phi) is 5.15. The maximum Gasteiger partial charge on any atom is 0.275 e. The first-order valence-corrected chi connectivity index (χ1v) is 8.27. The summed E-state index contributed by atoms with van der Waals surface area (Å²) >= 11 is 5.97. The molecular formula is C17H19ClN4O2. The van der Waals surface area contributed by atoms with Crippen LogP contribution in [0, 0.1) is 0 Å². The van der Waals surface area contributed by atoms with Gasteiger partial charge >= 0.3 is 0 Å². The summed E-state index contributed by atoms with van der Waals surface area (Å²) < 4.78 is 5.22. The second-order valence-corrected chi connectivity index (χ2v) is 6.04. The highest BCUT2D eigenvalue weighted by Gasteiger charge is 2.15. The molecule has 1 saturated heterocycles. The molecule has 3 rings (SSSR count). The van der Waals surface area contributed by atoms with Crippen LogP contribution in [0.3, 0.4) is 0 Å². The number of ether oxygens (including phenoxy) is 1. The Hall–Kier alpha value is -2.34. The first-order chi connectivity index (χ1) is 11.7. The van der Waals surface area contributed by atoms with Crippen molar-refractivity contribution in [3.8, 4) is 5.75 Å². The lowest BCUT2D eigenvalue weighted by atomic mass is 10.1. The lowest BCUT2D eigenvalue weighted by Crippen LogP contribution is -2.30. The summed E-state index contributed by atoms with van der Waals surface area (Å²) in [4.78, 5) is 23.2. The Morgan fingerprint density at radius 3 is 2.67 bits per heavy atom. The molecule has 0 atom stereocenters. The van der Waals surface area contributed by atoms with Crippen molar-refractivity contribution in [2.75, 3.05) is 30.4 Å². The Morgan fingerprint density at radius 2 is 2.00 bits per heavy atom. The van der Waals surface area contributed by atoms with E-state index in [-0.39, 0.29) is 11.6 Å². The summed E-state index contributed by atoms with van der Waals surface area (Å²) in [6, 6.07) is 5.03. The third kappa shape index (κ3) is 3.76. The van der Waals surface area contributed by atoms with Gasteiger partial charge in [-0.25, -0.2) is 9.97 Å². The standard InChI is InChI=1S/C17H19ClN4O2/c1-24-15-6-5-12(18)9-13(15)21-17(23)14-10-20-16(11-19-14)22-7-3-2-4-8-22/h5-6,9-11H,2-4,7-8H2,1H3,(H,21,23). The average Bonchev–Trinajstić information content (AvgIpc) is 2.63. The van der Waals surface area contributed by atoms with E-state index in [9.17, 15) is 4.79 Å². The molecule has 126 valence electrons. The van der Waals surface area contributed by atoms with E-state index in [1.165, 1.54) is 32.6 Å². The summed E-state index contributed by atoms with van der Waals surface area (Å²) in [5, 5.41) is 3.26. The van der Waals surface area contributed by atoms with Crippen LogP contribution < -0.4 is 15.0 Å². The molecule has 7 heteroatoms. The zero-order valence-electron chi connectivity index (χ0n) is 13.5. The quantitative estimate of drug-likeness (QED) is 0.919. The number of hydrogen-bond donors (Lipinski definition) is 1. The van der Waals surface area contributed by atoms with E-state index in [1.807, 2.05) is 0 Å². The number of halogens is 1. The predicted molar refractivity (Wildman–Crippen MR) is 94.1 cm³/mol. The van der Waals surface area contributed by atoms with E-state index < -0.39 is 0 Å². The minimum absolute atomic E-state index is 0.248. The van der Waals surface area contributed by atoms with Crippen molar-refractivity contribution < 1.29 is 9.53 Å². The van der Waals surface area contributed by atoms with E-state index in [0.717, 1.165) is 18.9 Å². The minimum atomic E-state index is -0.353. The molecule has 1 amide bonds. The van der Waals surface area contributed by atoms with E-state index in [1.54, 1.807) is 24.4 Å². The fourth-order valence-electron chi connectivity index (χ4n) is 2.69. The molecule has 2 aromatic rings. The molecule has 1 aromatic heterocycles. The molecule has 24 heavy (non-hydrogen) atoms. The van der Waals surface area contributed by atoms with Crippen LogP contribution in [0.1, 0.15) is 29.8 Å². The van der Waals surface area contributed by atoms with Crippen LogP contribution >= 0.6 is 11.6 Å². The number of carbonyl (C=O) groups excluding carboxylic acids is 1. The van der Waals surface area contributed by atoms with Crippen molar-refractivity contribution in [3.05, 3.63) is 41.3 Å². The number of methoxy groups -OCH3 is 1. The van der Waals surface area contributed by atoms with Gasteiger partial charge < -0.3 is 15.0 Å². The Bertz CT molecular complexity index is 715. The fraction of sp³-hybridized carbons (Fsp3) is 0.353. The van der Waals surface area contributed by atoms with Crippen LogP contribution in [0.15, 0.2) is 30.6 Å². The molecule has 0 radical (unpaired) electrons. The lowest BCUT2D eigenvalue weighted by Gasteiger charge is -2.27. The Morgan fingerprint density at radius 1 is 1.21 bits per heavy atom. The molecule has 1 aliphatic rings. The molecule has 1 fully saturated rings. The van der Waals surface area contributed by atoms with Gasteiger partial charge in [-0.3, -0.25) is 4.79 Å². The van der Waals surface area contributed by atoms with Crippen LogP contribution in [0.2, 0.25) is 5.02 Å². The van der Waals surface area contributed by atoms with Crippen LogP contribution in [0.5, 0.6) is 5.75 Å². The van der Waals surface area contributed by atoms with E-state index in [2.05, 4.69) is 20.2 Å². The molecule has 0 unspecified atom stereocenters. The summed E-state index contributed by atoms with van der Waals surface area (Å²) in [5.74, 6) is 0.991. The van der Waals surface area contributed by atoms with Gasteiger partial charge in [0.05, 0.1) is 25.2 Å². The highest BCUT2D eigenvalue weighted by Crippen LogP contribution is 2.28. The molecule has 1 aliphatic heterocycles. The van der Waals surface area contributed by atoms with E-state index in [4.69, 9.17) is 16.3 Å². The number of hydrogen-bond acceptors (Lipinski definition) is 5. The van der Waals surface area contributed by atoms with Crippen molar-refractivity contribution >= 4 is 29.0 Å². The SMILES string of the molecule is COc1ccc(Cl)cc1NC(=O)c1cnc(N2CCCCC2)cn1. The number of nitrogens with one attached hydrogen (secondary N) is 1. The first-order valence-electron chi connectivity index (χ1n) is 7.89. The molecule has 1 aromatic carbocycles. The van der Waals surface area contributed by atoms with Crippen molar-refractivity contribution in [3.63, 3.8) is 0 Å².